The van der Waals surface area contributed by atoms with Crippen LogP contribution >= 0.6 is 11.8 Å². The fourth-order valence-electron chi connectivity index (χ4n) is 3.92. The Morgan fingerprint density at radius 2 is 1.81 bits per heavy atom. The van der Waals surface area contributed by atoms with Gasteiger partial charge in [-0.1, -0.05) is 60.1 Å². The quantitative estimate of drug-likeness (QED) is 0.571. The van der Waals surface area contributed by atoms with E-state index in [4.69, 9.17) is 4.52 Å². The third-order valence-corrected chi connectivity index (χ3v) is 6.85. The van der Waals surface area contributed by atoms with E-state index in [9.17, 15) is 9.59 Å². The number of carbonyl (C=O) groups is 2. The summed E-state index contributed by atoms with van der Waals surface area (Å²) in [5.74, 6) is 0.596. The summed E-state index contributed by atoms with van der Waals surface area (Å²) >= 11 is 1.43. The number of urea groups is 1. The Labute approximate surface area is 190 Å². The molecule has 0 bridgehead atoms. The fourth-order valence-corrected chi connectivity index (χ4v) is 4.96. The molecule has 0 N–H and O–H groups in total. The van der Waals surface area contributed by atoms with Crippen molar-refractivity contribution in [1.29, 1.82) is 0 Å². The topological polar surface area (TPSA) is 79.5 Å². The van der Waals surface area contributed by atoms with Crippen LogP contribution in [-0.4, -0.2) is 38.3 Å². The van der Waals surface area contributed by atoms with E-state index in [1.54, 1.807) is 17.0 Å². The van der Waals surface area contributed by atoms with Crippen molar-refractivity contribution in [3.05, 3.63) is 77.0 Å². The van der Waals surface area contributed by atoms with Crippen LogP contribution in [0.25, 0.3) is 11.4 Å². The number of thioether (sulfide) groups is 1. The van der Waals surface area contributed by atoms with Gasteiger partial charge in [0.2, 0.25) is 11.7 Å². The first-order valence-corrected chi connectivity index (χ1v) is 11.4. The minimum atomic E-state index is -0.391. The Kier molecular flexibility index (Phi) is 5.30. The van der Waals surface area contributed by atoms with Crippen LogP contribution in [0.1, 0.15) is 23.9 Å². The number of rotatable bonds is 5. The van der Waals surface area contributed by atoms with E-state index in [0.717, 1.165) is 17.5 Å². The minimum absolute atomic E-state index is 0.126. The zero-order valence-corrected chi connectivity index (χ0v) is 18.6. The van der Waals surface area contributed by atoms with Gasteiger partial charge in [0.25, 0.3) is 5.91 Å². The van der Waals surface area contributed by atoms with Gasteiger partial charge in [-0.05, 0) is 36.4 Å². The smallest absolute Gasteiger partial charge is 0.332 e. The van der Waals surface area contributed by atoms with Crippen LogP contribution in [0, 0.1) is 6.92 Å². The molecule has 3 amide bonds. The Morgan fingerprint density at radius 1 is 1.06 bits per heavy atom. The van der Waals surface area contributed by atoms with Crippen molar-refractivity contribution in [1.82, 2.24) is 15.0 Å². The molecule has 0 saturated carbocycles. The second kappa shape index (κ2) is 8.27. The van der Waals surface area contributed by atoms with Crippen molar-refractivity contribution in [2.24, 2.45) is 0 Å². The Morgan fingerprint density at radius 3 is 2.53 bits per heavy atom. The van der Waals surface area contributed by atoms with Crippen molar-refractivity contribution < 1.29 is 14.1 Å². The number of aryl methyl sites for hydroxylation is 2. The first-order chi connectivity index (χ1) is 15.5. The van der Waals surface area contributed by atoms with E-state index >= 15 is 0 Å². The number of benzene rings is 2. The highest BCUT2D eigenvalue weighted by Gasteiger charge is 2.48. The zero-order valence-electron chi connectivity index (χ0n) is 17.8. The summed E-state index contributed by atoms with van der Waals surface area (Å²) in [5, 5.41) is 5.58. The molecule has 32 heavy (non-hydrogen) atoms. The summed E-state index contributed by atoms with van der Waals surface area (Å²) in [6.07, 6.45) is 2.84. The van der Waals surface area contributed by atoms with Crippen molar-refractivity contribution >= 4 is 29.4 Å². The molecule has 2 unspecified atom stereocenters. The lowest BCUT2D eigenvalue weighted by atomic mass is 10.1. The first-order valence-electron chi connectivity index (χ1n) is 10.5. The maximum atomic E-state index is 13.4. The SMILES string of the molecule is CCc1ccc(-c2noc(CN3C(=O)N(c4ccc(C)cc4)C(=O)C4SC=CC43)n2)cc1. The molecule has 3 heterocycles. The van der Waals surface area contributed by atoms with Gasteiger partial charge in [-0.3, -0.25) is 4.79 Å². The molecular formula is C24H22N4O3S. The molecule has 5 rings (SSSR count). The molecule has 1 aromatic heterocycles. The lowest BCUT2D eigenvalue weighted by Gasteiger charge is -2.40. The van der Waals surface area contributed by atoms with Crippen LogP contribution in [0.15, 0.2) is 64.5 Å². The van der Waals surface area contributed by atoms with E-state index in [-0.39, 0.29) is 24.5 Å². The van der Waals surface area contributed by atoms with Crippen LogP contribution < -0.4 is 4.90 Å². The zero-order chi connectivity index (χ0) is 22.2. The van der Waals surface area contributed by atoms with Crippen LogP contribution in [0.2, 0.25) is 0 Å². The van der Waals surface area contributed by atoms with Gasteiger partial charge in [-0.2, -0.15) is 4.98 Å². The standard InChI is InChI=1S/C24H22N4O3S/c1-3-16-6-8-17(9-7-16)22-25-20(31-26-22)14-27-19-12-13-32-21(19)23(29)28(24(27)30)18-10-4-15(2)5-11-18/h4-13,19,21H,3,14H2,1-2H3. The molecule has 2 aromatic carbocycles. The van der Waals surface area contributed by atoms with Gasteiger partial charge in [0, 0.05) is 5.56 Å². The van der Waals surface area contributed by atoms with Gasteiger partial charge in [0.05, 0.1) is 11.7 Å². The highest BCUT2D eigenvalue weighted by Crippen LogP contribution is 2.37. The molecular weight excluding hydrogens is 424 g/mol. The third-order valence-electron chi connectivity index (χ3n) is 5.76. The predicted molar refractivity (Wildman–Crippen MR) is 123 cm³/mol. The average molecular weight is 447 g/mol. The lowest BCUT2D eigenvalue weighted by molar-refractivity contribution is -0.119. The van der Waals surface area contributed by atoms with Crippen LogP contribution in [0.3, 0.4) is 0 Å². The van der Waals surface area contributed by atoms with Gasteiger partial charge in [-0.25, -0.2) is 9.69 Å². The molecule has 2 aliphatic heterocycles. The summed E-state index contributed by atoms with van der Waals surface area (Å²) in [6, 6.07) is 14.6. The van der Waals surface area contributed by atoms with Crippen molar-refractivity contribution in [2.75, 3.05) is 4.90 Å². The lowest BCUT2D eigenvalue weighted by Crippen LogP contribution is -2.61. The molecule has 0 radical (unpaired) electrons. The molecule has 8 heteroatoms. The molecule has 1 saturated heterocycles. The van der Waals surface area contributed by atoms with Gasteiger partial charge in [0.15, 0.2) is 0 Å². The molecule has 0 aliphatic carbocycles. The summed E-state index contributed by atoms with van der Waals surface area (Å²) < 4.78 is 5.47. The molecule has 2 atom stereocenters. The molecule has 2 aliphatic rings. The number of aromatic nitrogens is 2. The number of hydrogen-bond donors (Lipinski definition) is 0. The molecule has 162 valence electrons. The molecule has 1 fully saturated rings. The first kappa shape index (κ1) is 20.5. The highest BCUT2D eigenvalue weighted by atomic mass is 32.2. The van der Waals surface area contributed by atoms with Crippen molar-refractivity contribution in [2.45, 2.75) is 38.1 Å². The van der Waals surface area contributed by atoms with Crippen molar-refractivity contribution in [3.63, 3.8) is 0 Å². The van der Waals surface area contributed by atoms with Gasteiger partial charge in [-0.15, -0.1) is 11.8 Å². The maximum Gasteiger partial charge on any atom is 0.332 e. The maximum absolute atomic E-state index is 13.4. The summed E-state index contributed by atoms with van der Waals surface area (Å²) in [6.45, 7) is 4.19. The summed E-state index contributed by atoms with van der Waals surface area (Å²) in [7, 11) is 0. The number of nitrogens with zero attached hydrogens (tertiary/aromatic N) is 4. The summed E-state index contributed by atoms with van der Waals surface area (Å²) in [4.78, 5) is 33.9. The number of anilines is 1. The molecule has 3 aromatic rings. The average Bonchev–Trinajstić information content (AvgIpc) is 3.48. The molecule has 7 nitrogen and oxygen atoms in total. The number of imide groups is 1. The second-order valence-electron chi connectivity index (χ2n) is 7.86. The van der Waals surface area contributed by atoms with Gasteiger partial charge >= 0.3 is 6.03 Å². The Hall–Kier alpha value is -3.39. The monoisotopic (exact) mass is 446 g/mol. The van der Waals surface area contributed by atoms with Crippen LogP contribution in [0.4, 0.5) is 10.5 Å². The number of fused-ring (bicyclic) bond motifs is 1. The van der Waals surface area contributed by atoms with E-state index in [0.29, 0.717) is 17.4 Å². The minimum Gasteiger partial charge on any atom is -0.337 e. The number of amides is 3. The van der Waals surface area contributed by atoms with E-state index < -0.39 is 5.25 Å². The van der Waals surface area contributed by atoms with Gasteiger partial charge < -0.3 is 9.42 Å². The van der Waals surface area contributed by atoms with E-state index in [2.05, 4.69) is 17.1 Å². The van der Waals surface area contributed by atoms with Gasteiger partial charge in [0.1, 0.15) is 11.8 Å². The Bertz CT molecular complexity index is 1190. The van der Waals surface area contributed by atoms with Crippen LogP contribution in [0.5, 0.6) is 0 Å². The highest BCUT2D eigenvalue weighted by molar-refractivity contribution is 8.03. The number of hydrogen-bond acceptors (Lipinski definition) is 6. The van der Waals surface area contributed by atoms with Crippen molar-refractivity contribution in [3.8, 4) is 11.4 Å². The largest absolute Gasteiger partial charge is 0.337 e. The predicted octanol–water partition coefficient (Wildman–Crippen LogP) is 4.57. The van der Waals surface area contributed by atoms with E-state index in [1.807, 2.05) is 54.8 Å². The normalized spacial score (nSPS) is 20.2. The molecule has 0 spiro atoms. The summed E-state index contributed by atoms with van der Waals surface area (Å²) in [5.41, 5.74) is 3.70. The second-order valence-corrected chi connectivity index (χ2v) is 8.91. The fraction of sp³-hybridized carbons (Fsp3) is 0.250. The number of carbonyl (C=O) groups excluding carboxylic acids is 2. The van der Waals surface area contributed by atoms with E-state index in [1.165, 1.54) is 22.2 Å². The van der Waals surface area contributed by atoms with Crippen LogP contribution in [-0.2, 0) is 17.8 Å². The third kappa shape index (κ3) is 3.60. The Balaban J connectivity index is 1.42.